The first kappa shape index (κ1) is 19.3. The summed E-state index contributed by atoms with van der Waals surface area (Å²) in [6.07, 6.45) is 4.24. The number of nitrogens with one attached hydrogen (secondary N) is 2. The van der Waals surface area contributed by atoms with Crippen LogP contribution in [0.3, 0.4) is 0 Å². The van der Waals surface area contributed by atoms with Crippen LogP contribution in [0, 0.1) is 5.92 Å². The third-order valence-corrected chi connectivity index (χ3v) is 5.31. The monoisotopic (exact) mass is 367 g/mol. The molecule has 1 aliphatic carbocycles. The lowest BCUT2D eigenvalue weighted by molar-refractivity contribution is -0.119. The van der Waals surface area contributed by atoms with Gasteiger partial charge in [-0.2, -0.15) is 0 Å². The number of para-hydroxylation sites is 1. The minimum atomic E-state index is -0.0378. The Hall–Kier alpha value is -2.43. The highest BCUT2D eigenvalue weighted by atomic mass is 16.2. The minimum Gasteiger partial charge on any atom is -0.356 e. The van der Waals surface area contributed by atoms with Gasteiger partial charge in [0, 0.05) is 36.5 Å². The van der Waals surface area contributed by atoms with Crippen molar-refractivity contribution in [2.75, 3.05) is 6.54 Å². The van der Waals surface area contributed by atoms with E-state index in [9.17, 15) is 9.59 Å². The molecule has 5 nitrogen and oxygen atoms in total. The van der Waals surface area contributed by atoms with Crippen molar-refractivity contribution >= 4 is 22.7 Å². The van der Waals surface area contributed by atoms with Crippen LogP contribution in [0.2, 0.25) is 0 Å². The zero-order chi connectivity index (χ0) is 19.4. The van der Waals surface area contributed by atoms with Crippen LogP contribution >= 0.6 is 0 Å². The molecule has 1 saturated carbocycles. The van der Waals surface area contributed by atoms with E-state index in [2.05, 4.69) is 10.6 Å². The number of hydrogen-bond donors (Lipinski definition) is 2. The van der Waals surface area contributed by atoms with Gasteiger partial charge in [-0.05, 0) is 57.6 Å². The molecule has 0 aliphatic heterocycles. The highest BCUT2D eigenvalue weighted by Gasteiger charge is 2.25. The molecule has 5 heteroatoms. The van der Waals surface area contributed by atoms with Crippen molar-refractivity contribution in [2.24, 2.45) is 5.92 Å². The Morgan fingerprint density at radius 2 is 1.85 bits per heavy atom. The predicted octanol–water partition coefficient (Wildman–Crippen LogP) is 3.78. The number of nitrogens with zero attached hydrogens (tertiary/aromatic N) is 1. The van der Waals surface area contributed by atoms with E-state index in [1.165, 1.54) is 0 Å². The lowest BCUT2D eigenvalue weighted by Crippen LogP contribution is -2.31. The largest absolute Gasteiger partial charge is 0.356 e. The number of carbonyl (C=O) groups is 2. The molecule has 27 heavy (non-hydrogen) atoms. The maximum Gasteiger partial charge on any atom is 0.252 e. The van der Waals surface area contributed by atoms with Crippen LogP contribution in [0.15, 0.2) is 30.3 Å². The Morgan fingerprint density at radius 1 is 1.15 bits per heavy atom. The highest BCUT2D eigenvalue weighted by molar-refractivity contribution is 6.06. The molecule has 2 amide bonds. The van der Waals surface area contributed by atoms with Gasteiger partial charge in [-0.25, -0.2) is 0 Å². The third-order valence-electron chi connectivity index (χ3n) is 5.31. The van der Waals surface area contributed by atoms with Crippen molar-refractivity contribution in [3.05, 3.63) is 41.6 Å². The van der Waals surface area contributed by atoms with Crippen molar-refractivity contribution < 1.29 is 9.59 Å². The Labute approximate surface area is 160 Å². The summed E-state index contributed by atoms with van der Waals surface area (Å²) >= 11 is 0. The summed E-state index contributed by atoms with van der Waals surface area (Å²) < 4.78 is 0. The number of rotatable bonds is 5. The molecule has 1 fully saturated rings. The van der Waals surface area contributed by atoms with E-state index in [-0.39, 0.29) is 17.9 Å². The second-order valence-electron chi connectivity index (χ2n) is 7.89. The van der Waals surface area contributed by atoms with Crippen LogP contribution in [0.5, 0.6) is 0 Å². The predicted molar refractivity (Wildman–Crippen MR) is 108 cm³/mol. The molecule has 1 heterocycles. The molecule has 0 bridgehead atoms. The van der Waals surface area contributed by atoms with Gasteiger partial charge in [0.1, 0.15) is 0 Å². The van der Waals surface area contributed by atoms with Gasteiger partial charge in [-0.15, -0.1) is 0 Å². The maximum absolute atomic E-state index is 12.7. The normalized spacial score (nSPS) is 19.9. The smallest absolute Gasteiger partial charge is 0.252 e. The summed E-state index contributed by atoms with van der Waals surface area (Å²) in [6, 6.07) is 9.94. The van der Waals surface area contributed by atoms with E-state index in [1.807, 2.05) is 44.2 Å². The third kappa shape index (κ3) is 4.85. The molecule has 1 aromatic carbocycles. The summed E-state index contributed by atoms with van der Waals surface area (Å²) in [7, 11) is 0. The Morgan fingerprint density at radius 3 is 2.52 bits per heavy atom. The second-order valence-corrected chi connectivity index (χ2v) is 7.89. The lowest BCUT2D eigenvalue weighted by atomic mass is 9.80. The van der Waals surface area contributed by atoms with Gasteiger partial charge in [-0.3, -0.25) is 14.6 Å². The van der Waals surface area contributed by atoms with Gasteiger partial charge < -0.3 is 10.6 Å². The molecule has 3 rings (SSSR count). The fourth-order valence-corrected chi connectivity index (χ4v) is 3.88. The quantitative estimate of drug-likeness (QED) is 0.845. The van der Waals surface area contributed by atoms with E-state index in [0.29, 0.717) is 17.4 Å². The molecule has 0 atom stereocenters. The molecule has 0 saturated heterocycles. The minimum absolute atomic E-state index is 0.0362. The van der Waals surface area contributed by atoms with E-state index in [0.717, 1.165) is 48.8 Å². The van der Waals surface area contributed by atoms with Gasteiger partial charge in [0.05, 0.1) is 11.1 Å². The van der Waals surface area contributed by atoms with Gasteiger partial charge in [0.15, 0.2) is 0 Å². The summed E-state index contributed by atoms with van der Waals surface area (Å²) in [6.45, 7) is 6.26. The molecule has 1 aromatic heterocycles. The SMILES string of the molecule is CC(=O)NCC1CCC(c2cc(C(=O)NC(C)C)c3ccccc3n2)CC1. The van der Waals surface area contributed by atoms with Crippen molar-refractivity contribution in [2.45, 2.75) is 58.4 Å². The first-order valence-electron chi connectivity index (χ1n) is 9.89. The van der Waals surface area contributed by atoms with Gasteiger partial charge in [0.25, 0.3) is 5.91 Å². The van der Waals surface area contributed by atoms with E-state index in [4.69, 9.17) is 4.98 Å². The number of benzene rings is 1. The number of pyridine rings is 1. The number of carbonyl (C=O) groups excluding carboxylic acids is 2. The van der Waals surface area contributed by atoms with E-state index in [1.54, 1.807) is 6.92 Å². The highest BCUT2D eigenvalue weighted by Crippen LogP contribution is 2.36. The number of hydrogen-bond acceptors (Lipinski definition) is 3. The molecule has 1 aliphatic rings. The molecule has 0 unspecified atom stereocenters. The van der Waals surface area contributed by atoms with E-state index >= 15 is 0 Å². The Bertz CT molecular complexity index is 823. The van der Waals surface area contributed by atoms with Crippen LogP contribution in [0.1, 0.15) is 68.4 Å². The zero-order valence-corrected chi connectivity index (χ0v) is 16.4. The summed E-state index contributed by atoms with van der Waals surface area (Å²) in [5.74, 6) is 0.904. The van der Waals surface area contributed by atoms with Crippen molar-refractivity contribution in [1.82, 2.24) is 15.6 Å². The molecule has 0 radical (unpaired) electrons. The number of fused-ring (bicyclic) bond motifs is 1. The number of amides is 2. The molecule has 0 spiro atoms. The van der Waals surface area contributed by atoms with Crippen molar-refractivity contribution in [3.8, 4) is 0 Å². The lowest BCUT2D eigenvalue weighted by Gasteiger charge is -2.28. The first-order chi connectivity index (χ1) is 12.9. The standard InChI is InChI=1S/C22H29N3O2/c1-14(2)24-22(27)19-12-21(25-20-7-5-4-6-18(19)20)17-10-8-16(9-11-17)13-23-15(3)26/h4-7,12,14,16-17H,8-11,13H2,1-3H3,(H,23,26)(H,24,27). The summed E-state index contributed by atoms with van der Waals surface area (Å²) in [4.78, 5) is 28.7. The fourth-order valence-electron chi connectivity index (χ4n) is 3.88. The van der Waals surface area contributed by atoms with E-state index < -0.39 is 0 Å². The zero-order valence-electron chi connectivity index (χ0n) is 16.4. The average Bonchev–Trinajstić information content (AvgIpc) is 2.65. The number of aromatic nitrogens is 1. The second kappa shape index (κ2) is 8.51. The van der Waals surface area contributed by atoms with Crippen LogP contribution in [-0.4, -0.2) is 29.4 Å². The van der Waals surface area contributed by atoms with Crippen molar-refractivity contribution in [3.63, 3.8) is 0 Å². The molecular formula is C22H29N3O2. The molecule has 144 valence electrons. The van der Waals surface area contributed by atoms with Crippen molar-refractivity contribution in [1.29, 1.82) is 0 Å². The average molecular weight is 367 g/mol. The maximum atomic E-state index is 12.7. The topological polar surface area (TPSA) is 71.1 Å². The van der Waals surface area contributed by atoms with Gasteiger partial charge in [-0.1, -0.05) is 18.2 Å². The van der Waals surface area contributed by atoms with Crippen LogP contribution < -0.4 is 10.6 Å². The van der Waals surface area contributed by atoms with Crippen LogP contribution in [-0.2, 0) is 4.79 Å². The summed E-state index contributed by atoms with van der Waals surface area (Å²) in [5, 5.41) is 6.84. The Balaban J connectivity index is 1.81. The molecule has 2 aromatic rings. The molecular weight excluding hydrogens is 338 g/mol. The van der Waals surface area contributed by atoms with Crippen LogP contribution in [0.4, 0.5) is 0 Å². The Kier molecular flexibility index (Phi) is 6.09. The molecule has 2 N–H and O–H groups in total. The van der Waals surface area contributed by atoms with Crippen LogP contribution in [0.25, 0.3) is 10.9 Å². The summed E-state index contributed by atoms with van der Waals surface area (Å²) in [5.41, 5.74) is 2.61. The van der Waals surface area contributed by atoms with Gasteiger partial charge >= 0.3 is 0 Å². The van der Waals surface area contributed by atoms with Gasteiger partial charge in [0.2, 0.25) is 5.91 Å². The fraction of sp³-hybridized carbons (Fsp3) is 0.500. The first-order valence-corrected chi connectivity index (χ1v) is 9.89.